The Morgan fingerprint density at radius 3 is 2.56 bits per heavy atom. The summed E-state index contributed by atoms with van der Waals surface area (Å²) in [5.41, 5.74) is 7.14. The zero-order valence-corrected chi connectivity index (χ0v) is 10.0. The third kappa shape index (κ3) is 1.55. The first-order valence-corrected chi connectivity index (χ1v) is 5.59. The van der Waals surface area contributed by atoms with Crippen molar-refractivity contribution in [1.29, 1.82) is 0 Å². The van der Waals surface area contributed by atoms with Crippen LogP contribution in [0.5, 0.6) is 11.5 Å². The summed E-state index contributed by atoms with van der Waals surface area (Å²) in [5, 5.41) is 9.74. The van der Waals surface area contributed by atoms with Gasteiger partial charge < -0.3 is 15.6 Å². The van der Waals surface area contributed by atoms with E-state index < -0.39 is 0 Å². The predicted molar refractivity (Wildman–Crippen MR) is 63.7 cm³/mol. The van der Waals surface area contributed by atoms with E-state index in [1.54, 1.807) is 13.2 Å². The molecule has 2 rings (SSSR count). The van der Waals surface area contributed by atoms with Gasteiger partial charge in [-0.25, -0.2) is 0 Å². The smallest absolute Gasteiger partial charge is 0.160 e. The minimum atomic E-state index is 0.207. The second-order valence-electron chi connectivity index (χ2n) is 5.07. The molecule has 0 bridgehead atoms. The lowest BCUT2D eigenvalue weighted by atomic mass is 10.0. The highest BCUT2D eigenvalue weighted by Gasteiger charge is 2.57. The molecule has 0 aromatic heterocycles. The molecule has 88 valence electrons. The van der Waals surface area contributed by atoms with Crippen molar-refractivity contribution in [3.8, 4) is 11.5 Å². The molecule has 1 aromatic carbocycles. The number of methoxy groups -OCH3 is 1. The van der Waals surface area contributed by atoms with Crippen LogP contribution >= 0.6 is 0 Å². The van der Waals surface area contributed by atoms with Crippen molar-refractivity contribution in [3.63, 3.8) is 0 Å². The Morgan fingerprint density at radius 2 is 2.12 bits per heavy atom. The van der Waals surface area contributed by atoms with Crippen LogP contribution in [0.1, 0.15) is 25.3 Å². The molecule has 1 aromatic rings. The van der Waals surface area contributed by atoms with Crippen molar-refractivity contribution in [1.82, 2.24) is 0 Å². The van der Waals surface area contributed by atoms with Gasteiger partial charge in [0.05, 0.1) is 7.11 Å². The minimum Gasteiger partial charge on any atom is -0.504 e. The SMILES string of the molecule is COc1ccc([C@H]2[C@H](CN)C2(C)C)cc1O. The maximum Gasteiger partial charge on any atom is 0.160 e. The van der Waals surface area contributed by atoms with Gasteiger partial charge in [-0.1, -0.05) is 19.9 Å². The molecule has 1 aliphatic carbocycles. The number of ether oxygens (including phenoxy) is 1. The van der Waals surface area contributed by atoms with Gasteiger partial charge in [0.25, 0.3) is 0 Å². The number of aromatic hydroxyl groups is 1. The lowest BCUT2D eigenvalue weighted by Gasteiger charge is -2.07. The number of nitrogens with two attached hydrogens (primary N) is 1. The highest BCUT2D eigenvalue weighted by molar-refractivity contribution is 5.45. The summed E-state index contributed by atoms with van der Waals surface area (Å²) in [7, 11) is 1.55. The van der Waals surface area contributed by atoms with Gasteiger partial charge in [0.1, 0.15) is 0 Å². The lowest BCUT2D eigenvalue weighted by molar-refractivity contribution is 0.373. The van der Waals surface area contributed by atoms with E-state index in [1.165, 1.54) is 0 Å². The molecule has 0 radical (unpaired) electrons. The second-order valence-corrected chi connectivity index (χ2v) is 5.07. The van der Waals surface area contributed by atoms with Gasteiger partial charge in [-0.2, -0.15) is 0 Å². The second kappa shape index (κ2) is 3.67. The molecule has 0 spiro atoms. The molecule has 0 heterocycles. The fourth-order valence-electron chi connectivity index (χ4n) is 2.75. The summed E-state index contributed by atoms with van der Waals surface area (Å²) in [6.45, 7) is 5.14. The third-order valence-electron chi connectivity index (χ3n) is 3.87. The number of hydrogen-bond donors (Lipinski definition) is 2. The van der Waals surface area contributed by atoms with Crippen LogP contribution in [0.2, 0.25) is 0 Å². The first-order chi connectivity index (χ1) is 7.52. The van der Waals surface area contributed by atoms with E-state index in [0.717, 1.165) is 5.56 Å². The van der Waals surface area contributed by atoms with Crippen LogP contribution in [0, 0.1) is 11.3 Å². The zero-order chi connectivity index (χ0) is 11.9. The summed E-state index contributed by atoms with van der Waals surface area (Å²) < 4.78 is 5.03. The fraction of sp³-hybridized carbons (Fsp3) is 0.538. The van der Waals surface area contributed by atoms with Gasteiger partial charge in [-0.05, 0) is 41.5 Å². The molecule has 0 aliphatic heterocycles. The molecule has 0 unspecified atom stereocenters. The summed E-state index contributed by atoms with van der Waals surface area (Å²) >= 11 is 0. The van der Waals surface area contributed by atoms with E-state index in [1.807, 2.05) is 12.1 Å². The van der Waals surface area contributed by atoms with Crippen molar-refractivity contribution < 1.29 is 9.84 Å². The Morgan fingerprint density at radius 1 is 1.44 bits per heavy atom. The largest absolute Gasteiger partial charge is 0.504 e. The Balaban J connectivity index is 2.27. The molecule has 1 aliphatic rings. The Hall–Kier alpha value is -1.22. The van der Waals surface area contributed by atoms with Crippen LogP contribution in [-0.4, -0.2) is 18.8 Å². The average molecular weight is 221 g/mol. The Labute approximate surface area is 96.2 Å². The first-order valence-electron chi connectivity index (χ1n) is 5.59. The molecular formula is C13H19NO2. The van der Waals surface area contributed by atoms with Gasteiger partial charge in [-0.15, -0.1) is 0 Å². The summed E-state index contributed by atoms with van der Waals surface area (Å²) in [6.07, 6.45) is 0. The zero-order valence-electron chi connectivity index (χ0n) is 10.0. The number of benzene rings is 1. The number of phenols is 1. The molecule has 2 atom stereocenters. The van der Waals surface area contributed by atoms with Crippen molar-refractivity contribution in [2.24, 2.45) is 17.1 Å². The van der Waals surface area contributed by atoms with E-state index in [4.69, 9.17) is 10.5 Å². The van der Waals surface area contributed by atoms with E-state index in [9.17, 15) is 5.11 Å². The van der Waals surface area contributed by atoms with Crippen LogP contribution in [0.25, 0.3) is 0 Å². The summed E-state index contributed by atoms with van der Waals surface area (Å²) in [5.74, 6) is 1.69. The molecule has 16 heavy (non-hydrogen) atoms. The molecule has 1 fully saturated rings. The van der Waals surface area contributed by atoms with Crippen molar-refractivity contribution >= 4 is 0 Å². The average Bonchev–Trinajstić information content (AvgIpc) is 2.80. The van der Waals surface area contributed by atoms with Crippen molar-refractivity contribution in [2.45, 2.75) is 19.8 Å². The Bertz CT molecular complexity index is 401. The number of hydrogen-bond acceptors (Lipinski definition) is 3. The number of phenolic OH excluding ortho intramolecular Hbond substituents is 1. The molecular weight excluding hydrogens is 202 g/mol. The Kier molecular flexibility index (Phi) is 2.58. The van der Waals surface area contributed by atoms with Crippen LogP contribution in [-0.2, 0) is 0 Å². The third-order valence-corrected chi connectivity index (χ3v) is 3.87. The van der Waals surface area contributed by atoms with Crippen LogP contribution in [0.15, 0.2) is 18.2 Å². The van der Waals surface area contributed by atoms with Gasteiger partial charge in [0, 0.05) is 0 Å². The molecule has 0 saturated heterocycles. The fourth-order valence-corrected chi connectivity index (χ4v) is 2.75. The van der Waals surface area contributed by atoms with Crippen molar-refractivity contribution in [3.05, 3.63) is 23.8 Å². The summed E-state index contributed by atoms with van der Waals surface area (Å²) in [4.78, 5) is 0. The van der Waals surface area contributed by atoms with E-state index >= 15 is 0 Å². The summed E-state index contributed by atoms with van der Waals surface area (Å²) in [6, 6.07) is 5.62. The minimum absolute atomic E-state index is 0.207. The molecule has 3 nitrogen and oxygen atoms in total. The monoisotopic (exact) mass is 221 g/mol. The van der Waals surface area contributed by atoms with Gasteiger partial charge >= 0.3 is 0 Å². The normalized spacial score (nSPS) is 26.5. The highest BCUT2D eigenvalue weighted by atomic mass is 16.5. The molecule has 0 amide bonds. The molecule has 1 saturated carbocycles. The van der Waals surface area contributed by atoms with Gasteiger partial charge in [-0.3, -0.25) is 0 Å². The van der Waals surface area contributed by atoms with Crippen LogP contribution < -0.4 is 10.5 Å². The van der Waals surface area contributed by atoms with Crippen LogP contribution in [0.3, 0.4) is 0 Å². The quantitative estimate of drug-likeness (QED) is 0.821. The van der Waals surface area contributed by atoms with Crippen LogP contribution in [0.4, 0.5) is 0 Å². The van der Waals surface area contributed by atoms with Crippen molar-refractivity contribution in [2.75, 3.05) is 13.7 Å². The van der Waals surface area contributed by atoms with Gasteiger partial charge in [0.2, 0.25) is 0 Å². The highest BCUT2D eigenvalue weighted by Crippen LogP contribution is 2.64. The molecule has 3 N–H and O–H groups in total. The number of rotatable bonds is 3. The maximum absolute atomic E-state index is 9.74. The predicted octanol–water partition coefficient (Wildman–Crippen LogP) is 2.10. The van der Waals surface area contributed by atoms with E-state index in [0.29, 0.717) is 24.1 Å². The van der Waals surface area contributed by atoms with E-state index in [2.05, 4.69) is 13.8 Å². The maximum atomic E-state index is 9.74. The van der Waals surface area contributed by atoms with E-state index in [-0.39, 0.29) is 11.2 Å². The lowest BCUT2D eigenvalue weighted by Crippen LogP contribution is -2.05. The topological polar surface area (TPSA) is 55.5 Å². The first kappa shape index (κ1) is 11.3. The van der Waals surface area contributed by atoms with Gasteiger partial charge in [0.15, 0.2) is 11.5 Å². The molecule has 3 heteroatoms. The standard InChI is InChI=1S/C13H19NO2/c1-13(2)9(7-14)12(13)8-4-5-11(16-3)10(15)6-8/h4-6,9,12,15H,7,14H2,1-3H3/t9-,12-/m0/s1.